The third-order valence-electron chi connectivity index (χ3n) is 2.96. The van der Waals surface area contributed by atoms with Crippen molar-refractivity contribution in [1.82, 2.24) is 10.3 Å². The van der Waals surface area contributed by atoms with Crippen LogP contribution in [0.2, 0.25) is 0 Å². The van der Waals surface area contributed by atoms with Crippen molar-refractivity contribution in [1.29, 1.82) is 0 Å². The number of benzene rings is 1. The summed E-state index contributed by atoms with van der Waals surface area (Å²) < 4.78 is 0.813. The summed E-state index contributed by atoms with van der Waals surface area (Å²) in [6.45, 7) is 4.48. The molecule has 19 heavy (non-hydrogen) atoms. The molecule has 98 valence electrons. The number of nitrogens with one attached hydrogen (secondary N) is 1. The lowest BCUT2D eigenvalue weighted by Gasteiger charge is -2.09. The Morgan fingerprint density at radius 3 is 2.79 bits per heavy atom. The van der Waals surface area contributed by atoms with E-state index < -0.39 is 0 Å². The van der Waals surface area contributed by atoms with Crippen molar-refractivity contribution in [3.8, 4) is 0 Å². The minimum atomic E-state index is -0.0878. The molecule has 2 rings (SSSR count). The molecule has 0 saturated carbocycles. The largest absolute Gasteiger partial charge is 0.348 e. The van der Waals surface area contributed by atoms with Gasteiger partial charge in [0.1, 0.15) is 0 Å². The molecule has 1 N–H and O–H groups in total. The van der Waals surface area contributed by atoms with E-state index in [9.17, 15) is 4.79 Å². The molecule has 0 aliphatic rings. The molecule has 0 aliphatic heterocycles. The van der Waals surface area contributed by atoms with Gasteiger partial charge in [-0.15, -0.1) is 0 Å². The Hall–Kier alpha value is -1.68. The number of hydrogen-bond donors (Lipinski definition) is 1. The van der Waals surface area contributed by atoms with E-state index in [0.717, 1.165) is 21.2 Å². The van der Waals surface area contributed by atoms with E-state index in [1.54, 1.807) is 12.4 Å². The number of carbonyl (C=O) groups is 1. The van der Waals surface area contributed by atoms with Crippen molar-refractivity contribution in [2.75, 3.05) is 0 Å². The fourth-order valence-electron chi connectivity index (χ4n) is 1.76. The van der Waals surface area contributed by atoms with Crippen molar-refractivity contribution in [3.05, 3.63) is 63.4 Å². The van der Waals surface area contributed by atoms with Gasteiger partial charge >= 0.3 is 0 Å². The maximum absolute atomic E-state index is 12.1. The third kappa shape index (κ3) is 3.41. The molecule has 0 radical (unpaired) electrons. The predicted octanol–water partition coefficient (Wildman–Crippen LogP) is 3.39. The quantitative estimate of drug-likeness (QED) is 0.942. The highest BCUT2D eigenvalue weighted by Crippen LogP contribution is 2.18. The number of rotatable bonds is 3. The van der Waals surface area contributed by atoms with Crippen LogP contribution in [-0.4, -0.2) is 10.9 Å². The van der Waals surface area contributed by atoms with E-state index in [0.29, 0.717) is 12.1 Å². The van der Waals surface area contributed by atoms with Gasteiger partial charge in [0.2, 0.25) is 0 Å². The summed E-state index contributed by atoms with van der Waals surface area (Å²) in [4.78, 5) is 16.2. The number of aryl methyl sites for hydroxylation is 2. The summed E-state index contributed by atoms with van der Waals surface area (Å²) in [6, 6.07) is 7.62. The number of pyridine rings is 1. The zero-order valence-corrected chi connectivity index (χ0v) is 12.5. The van der Waals surface area contributed by atoms with Crippen LogP contribution in [0, 0.1) is 13.8 Å². The van der Waals surface area contributed by atoms with Crippen LogP contribution < -0.4 is 5.32 Å². The average molecular weight is 319 g/mol. The molecular formula is C15H15BrN2O. The Bertz CT molecular complexity index is 611. The summed E-state index contributed by atoms with van der Waals surface area (Å²) in [6.07, 6.45) is 3.52. The van der Waals surface area contributed by atoms with Crippen molar-refractivity contribution in [2.24, 2.45) is 0 Å². The molecule has 0 unspecified atom stereocenters. The molecule has 1 amide bonds. The molecule has 1 aromatic heterocycles. The second-order valence-electron chi connectivity index (χ2n) is 4.47. The summed E-state index contributed by atoms with van der Waals surface area (Å²) in [5.41, 5.74) is 3.91. The number of aromatic nitrogens is 1. The second-order valence-corrected chi connectivity index (χ2v) is 5.32. The summed E-state index contributed by atoms with van der Waals surface area (Å²) in [5.74, 6) is -0.0878. The van der Waals surface area contributed by atoms with E-state index in [1.807, 2.05) is 38.1 Å². The molecule has 0 fully saturated rings. The Kier molecular flexibility index (Phi) is 4.32. The zero-order chi connectivity index (χ0) is 13.8. The van der Waals surface area contributed by atoms with Crippen LogP contribution in [0.4, 0.5) is 0 Å². The maximum atomic E-state index is 12.1. The van der Waals surface area contributed by atoms with Gasteiger partial charge in [0.05, 0.1) is 5.56 Å². The molecular weight excluding hydrogens is 304 g/mol. The molecule has 1 heterocycles. The molecule has 0 bridgehead atoms. The third-order valence-corrected chi connectivity index (χ3v) is 3.61. The van der Waals surface area contributed by atoms with Crippen molar-refractivity contribution >= 4 is 21.8 Å². The zero-order valence-electron chi connectivity index (χ0n) is 10.9. The summed E-state index contributed by atoms with van der Waals surface area (Å²) >= 11 is 3.42. The standard InChI is InChI=1S/C15H15BrN2O/c1-10-3-4-13(14(16)7-10)15(19)18-9-12-8-17-6-5-11(12)2/h3-8H,9H2,1-2H3,(H,18,19). The van der Waals surface area contributed by atoms with Gasteiger partial charge < -0.3 is 5.32 Å². The first kappa shape index (κ1) is 13.7. The first-order valence-corrected chi connectivity index (χ1v) is 6.81. The van der Waals surface area contributed by atoms with E-state index >= 15 is 0 Å². The van der Waals surface area contributed by atoms with Gasteiger partial charge in [-0.3, -0.25) is 9.78 Å². The lowest BCUT2D eigenvalue weighted by atomic mass is 10.1. The fourth-order valence-corrected chi connectivity index (χ4v) is 2.43. The highest BCUT2D eigenvalue weighted by Gasteiger charge is 2.10. The predicted molar refractivity (Wildman–Crippen MR) is 79.0 cm³/mol. The SMILES string of the molecule is Cc1ccc(C(=O)NCc2cnccc2C)c(Br)c1. The van der Waals surface area contributed by atoms with Crippen molar-refractivity contribution in [2.45, 2.75) is 20.4 Å². The van der Waals surface area contributed by atoms with Crippen LogP contribution >= 0.6 is 15.9 Å². The monoisotopic (exact) mass is 318 g/mol. The molecule has 3 nitrogen and oxygen atoms in total. The van der Waals surface area contributed by atoms with Gasteiger partial charge in [0.15, 0.2) is 0 Å². The Labute approximate surface area is 121 Å². The van der Waals surface area contributed by atoms with Crippen LogP contribution in [-0.2, 0) is 6.54 Å². The number of hydrogen-bond acceptors (Lipinski definition) is 2. The smallest absolute Gasteiger partial charge is 0.252 e. The normalized spacial score (nSPS) is 10.3. The Balaban J connectivity index is 2.08. The average Bonchev–Trinajstić information content (AvgIpc) is 2.37. The topological polar surface area (TPSA) is 42.0 Å². The first-order chi connectivity index (χ1) is 9.08. The molecule has 0 aliphatic carbocycles. The second kappa shape index (κ2) is 5.97. The summed E-state index contributed by atoms with van der Waals surface area (Å²) in [5, 5.41) is 2.91. The van der Waals surface area contributed by atoms with Crippen LogP contribution in [0.1, 0.15) is 27.0 Å². The Morgan fingerprint density at radius 1 is 1.32 bits per heavy atom. The fraction of sp³-hybridized carbons (Fsp3) is 0.200. The molecule has 4 heteroatoms. The van der Waals surface area contributed by atoms with Crippen LogP contribution in [0.15, 0.2) is 41.1 Å². The lowest BCUT2D eigenvalue weighted by Crippen LogP contribution is -2.23. The Morgan fingerprint density at radius 2 is 2.11 bits per heavy atom. The van der Waals surface area contributed by atoms with E-state index in [4.69, 9.17) is 0 Å². The highest BCUT2D eigenvalue weighted by atomic mass is 79.9. The highest BCUT2D eigenvalue weighted by molar-refractivity contribution is 9.10. The molecule has 0 atom stereocenters. The molecule has 2 aromatic rings. The van der Waals surface area contributed by atoms with Gasteiger partial charge in [0, 0.05) is 23.4 Å². The minimum Gasteiger partial charge on any atom is -0.348 e. The number of halogens is 1. The molecule has 0 spiro atoms. The number of nitrogens with zero attached hydrogens (tertiary/aromatic N) is 1. The van der Waals surface area contributed by atoms with E-state index in [2.05, 4.69) is 26.2 Å². The summed E-state index contributed by atoms with van der Waals surface area (Å²) in [7, 11) is 0. The van der Waals surface area contributed by atoms with E-state index in [-0.39, 0.29) is 5.91 Å². The van der Waals surface area contributed by atoms with Gasteiger partial charge in [-0.2, -0.15) is 0 Å². The minimum absolute atomic E-state index is 0.0878. The van der Waals surface area contributed by atoms with Crippen molar-refractivity contribution < 1.29 is 4.79 Å². The van der Waals surface area contributed by atoms with Crippen LogP contribution in [0.5, 0.6) is 0 Å². The van der Waals surface area contributed by atoms with E-state index in [1.165, 1.54) is 0 Å². The first-order valence-electron chi connectivity index (χ1n) is 6.02. The number of amides is 1. The lowest BCUT2D eigenvalue weighted by molar-refractivity contribution is 0.0950. The van der Waals surface area contributed by atoms with Crippen LogP contribution in [0.25, 0.3) is 0 Å². The van der Waals surface area contributed by atoms with Gasteiger partial charge in [-0.05, 0) is 64.7 Å². The van der Waals surface area contributed by atoms with Crippen molar-refractivity contribution in [3.63, 3.8) is 0 Å². The van der Waals surface area contributed by atoms with Gasteiger partial charge in [-0.1, -0.05) is 6.07 Å². The molecule has 0 saturated heterocycles. The van der Waals surface area contributed by atoms with Crippen LogP contribution in [0.3, 0.4) is 0 Å². The van der Waals surface area contributed by atoms with Gasteiger partial charge in [-0.25, -0.2) is 0 Å². The number of carbonyl (C=O) groups excluding carboxylic acids is 1. The molecule has 1 aromatic carbocycles. The maximum Gasteiger partial charge on any atom is 0.252 e. The van der Waals surface area contributed by atoms with Gasteiger partial charge in [0.25, 0.3) is 5.91 Å².